The average Bonchev–Trinajstić information content (AvgIpc) is 3.05. The first kappa shape index (κ1) is 14.1. The van der Waals surface area contributed by atoms with E-state index in [4.69, 9.17) is 0 Å². The summed E-state index contributed by atoms with van der Waals surface area (Å²) in [6.45, 7) is 0. The fourth-order valence-electron chi connectivity index (χ4n) is 2.83. The molecule has 5 heteroatoms. The Kier molecular flexibility index (Phi) is 3.31. The van der Waals surface area contributed by atoms with Crippen LogP contribution in [0.15, 0.2) is 71.8 Å². The summed E-state index contributed by atoms with van der Waals surface area (Å²) in [6.07, 6.45) is 3.48. The fraction of sp³-hybridized carbons (Fsp3) is 0. The first-order valence-electron chi connectivity index (χ1n) is 7.56. The van der Waals surface area contributed by atoms with Gasteiger partial charge in [-0.25, -0.2) is 0 Å². The van der Waals surface area contributed by atoms with Crippen molar-refractivity contribution in [3.63, 3.8) is 0 Å². The Morgan fingerprint density at radius 1 is 0.875 bits per heavy atom. The summed E-state index contributed by atoms with van der Waals surface area (Å²) in [5.74, 6) is 0.182. The predicted octanol–water partition coefficient (Wildman–Crippen LogP) is 3.97. The number of H-pyrrole nitrogens is 2. The van der Waals surface area contributed by atoms with Gasteiger partial charge in [-0.3, -0.25) is 4.79 Å². The van der Waals surface area contributed by atoms with Gasteiger partial charge in [-0.1, -0.05) is 18.2 Å². The van der Waals surface area contributed by atoms with E-state index in [2.05, 4.69) is 15.3 Å². The maximum atomic E-state index is 12.3. The monoisotopic (exact) mass is 317 g/mol. The van der Waals surface area contributed by atoms with Crippen LogP contribution in [0.1, 0.15) is 0 Å². The normalized spacial score (nSPS) is 10.8. The number of anilines is 2. The number of aromatic amines is 2. The van der Waals surface area contributed by atoms with Crippen LogP contribution >= 0.6 is 0 Å². The number of nitrogens with one attached hydrogen (secondary N) is 3. The second-order valence-electron chi connectivity index (χ2n) is 5.55. The first-order chi connectivity index (χ1) is 11.7. The van der Waals surface area contributed by atoms with Crippen molar-refractivity contribution in [2.24, 2.45) is 0 Å². The Morgan fingerprint density at radius 3 is 2.62 bits per heavy atom. The van der Waals surface area contributed by atoms with Gasteiger partial charge >= 0.3 is 0 Å². The Bertz CT molecular complexity index is 1080. The van der Waals surface area contributed by atoms with Gasteiger partial charge in [0.15, 0.2) is 0 Å². The molecule has 0 aliphatic carbocycles. The van der Waals surface area contributed by atoms with Gasteiger partial charge in [-0.15, -0.1) is 0 Å². The molecule has 0 fully saturated rings. The summed E-state index contributed by atoms with van der Waals surface area (Å²) in [5.41, 5.74) is 3.78. The molecule has 0 saturated heterocycles. The summed E-state index contributed by atoms with van der Waals surface area (Å²) in [7, 11) is 0. The van der Waals surface area contributed by atoms with E-state index >= 15 is 0 Å². The highest BCUT2D eigenvalue weighted by Gasteiger charge is 2.09. The lowest BCUT2D eigenvalue weighted by atomic mass is 10.0. The largest absolute Gasteiger partial charge is 0.508 e. The summed E-state index contributed by atoms with van der Waals surface area (Å²) in [4.78, 5) is 18.2. The van der Waals surface area contributed by atoms with Crippen LogP contribution in [0, 0.1) is 0 Å². The zero-order valence-electron chi connectivity index (χ0n) is 12.7. The third kappa shape index (κ3) is 2.52. The van der Waals surface area contributed by atoms with Crippen molar-refractivity contribution in [2.75, 3.05) is 5.32 Å². The average molecular weight is 317 g/mol. The van der Waals surface area contributed by atoms with Gasteiger partial charge in [-0.05, 0) is 35.9 Å². The summed E-state index contributed by atoms with van der Waals surface area (Å²) in [6, 6.07) is 16.4. The SMILES string of the molecule is O=c1[nH]cc(Nc2cccc(O)c2)cc1-c1cccc2[nH]ccc12. The van der Waals surface area contributed by atoms with E-state index in [1.807, 2.05) is 42.6 Å². The predicted molar refractivity (Wildman–Crippen MR) is 95.7 cm³/mol. The van der Waals surface area contributed by atoms with Gasteiger partial charge in [-0.2, -0.15) is 0 Å². The molecule has 0 spiro atoms. The van der Waals surface area contributed by atoms with Crippen molar-refractivity contribution in [3.05, 3.63) is 77.3 Å². The number of phenolic OH excluding ortho intramolecular Hbond substituents is 1. The number of fused-ring (bicyclic) bond motifs is 1. The van der Waals surface area contributed by atoms with Gasteiger partial charge in [0.2, 0.25) is 0 Å². The molecule has 0 atom stereocenters. The minimum absolute atomic E-state index is 0.148. The van der Waals surface area contributed by atoms with E-state index in [-0.39, 0.29) is 11.3 Å². The number of pyridine rings is 1. The second kappa shape index (κ2) is 5.62. The highest BCUT2D eigenvalue weighted by atomic mass is 16.3. The highest BCUT2D eigenvalue weighted by Crippen LogP contribution is 2.28. The minimum Gasteiger partial charge on any atom is -0.508 e. The van der Waals surface area contributed by atoms with Crippen molar-refractivity contribution in [2.45, 2.75) is 0 Å². The molecule has 4 aromatic rings. The molecule has 0 aliphatic rings. The van der Waals surface area contributed by atoms with Crippen LogP contribution in [0.5, 0.6) is 5.75 Å². The zero-order chi connectivity index (χ0) is 16.5. The van der Waals surface area contributed by atoms with Crippen molar-refractivity contribution >= 4 is 22.3 Å². The van der Waals surface area contributed by atoms with Crippen LogP contribution in [0.25, 0.3) is 22.0 Å². The summed E-state index contributed by atoms with van der Waals surface area (Å²) in [5, 5.41) is 13.7. The van der Waals surface area contributed by atoms with Gasteiger partial charge < -0.3 is 20.4 Å². The third-order valence-corrected chi connectivity index (χ3v) is 3.92. The van der Waals surface area contributed by atoms with Crippen LogP contribution in [-0.2, 0) is 0 Å². The molecule has 5 nitrogen and oxygen atoms in total. The Balaban J connectivity index is 1.79. The Labute approximate surface area is 137 Å². The van der Waals surface area contributed by atoms with Crippen molar-refractivity contribution in [1.29, 1.82) is 0 Å². The number of benzene rings is 2. The van der Waals surface area contributed by atoms with Crippen molar-refractivity contribution < 1.29 is 5.11 Å². The molecule has 0 unspecified atom stereocenters. The van der Waals surface area contributed by atoms with E-state index < -0.39 is 0 Å². The fourth-order valence-corrected chi connectivity index (χ4v) is 2.83. The summed E-state index contributed by atoms with van der Waals surface area (Å²) < 4.78 is 0. The van der Waals surface area contributed by atoms with E-state index in [9.17, 15) is 9.90 Å². The molecule has 0 amide bonds. The van der Waals surface area contributed by atoms with Gasteiger partial charge in [0.05, 0.1) is 5.69 Å². The molecule has 2 aromatic heterocycles. The number of rotatable bonds is 3. The lowest BCUT2D eigenvalue weighted by molar-refractivity contribution is 0.475. The van der Waals surface area contributed by atoms with Gasteiger partial charge in [0, 0.05) is 40.6 Å². The second-order valence-corrected chi connectivity index (χ2v) is 5.55. The molecule has 0 aliphatic heterocycles. The maximum absolute atomic E-state index is 12.3. The molecule has 118 valence electrons. The zero-order valence-corrected chi connectivity index (χ0v) is 12.7. The topological polar surface area (TPSA) is 80.9 Å². The van der Waals surface area contributed by atoms with Crippen LogP contribution < -0.4 is 10.9 Å². The van der Waals surface area contributed by atoms with E-state index in [1.54, 1.807) is 24.4 Å². The lowest BCUT2D eigenvalue weighted by Gasteiger charge is -2.09. The maximum Gasteiger partial charge on any atom is 0.255 e. The number of hydrogen-bond donors (Lipinski definition) is 4. The Morgan fingerprint density at radius 2 is 1.75 bits per heavy atom. The van der Waals surface area contributed by atoms with Gasteiger partial charge in [0.1, 0.15) is 5.75 Å². The van der Waals surface area contributed by atoms with Gasteiger partial charge in [0.25, 0.3) is 5.56 Å². The molecular weight excluding hydrogens is 302 g/mol. The Hall–Kier alpha value is -3.47. The number of phenols is 1. The molecule has 4 rings (SSSR count). The molecule has 0 radical (unpaired) electrons. The van der Waals surface area contributed by atoms with Crippen molar-refractivity contribution in [1.82, 2.24) is 9.97 Å². The van der Waals surface area contributed by atoms with E-state index in [0.29, 0.717) is 5.56 Å². The summed E-state index contributed by atoms with van der Waals surface area (Å²) >= 11 is 0. The van der Waals surface area contributed by atoms with Crippen LogP contribution in [0.2, 0.25) is 0 Å². The molecular formula is C19H15N3O2. The third-order valence-electron chi connectivity index (χ3n) is 3.92. The molecule has 2 aromatic carbocycles. The highest BCUT2D eigenvalue weighted by molar-refractivity contribution is 5.95. The molecule has 2 heterocycles. The van der Waals surface area contributed by atoms with Crippen LogP contribution in [0.4, 0.5) is 11.4 Å². The van der Waals surface area contributed by atoms with E-state index in [0.717, 1.165) is 27.8 Å². The van der Waals surface area contributed by atoms with Crippen molar-refractivity contribution in [3.8, 4) is 16.9 Å². The smallest absolute Gasteiger partial charge is 0.255 e. The first-order valence-corrected chi connectivity index (χ1v) is 7.56. The minimum atomic E-state index is -0.148. The quantitative estimate of drug-likeness (QED) is 0.461. The van der Waals surface area contributed by atoms with E-state index in [1.165, 1.54) is 0 Å². The van der Waals surface area contributed by atoms with Crippen LogP contribution in [0.3, 0.4) is 0 Å². The molecule has 4 N–H and O–H groups in total. The lowest BCUT2D eigenvalue weighted by Crippen LogP contribution is -2.09. The number of aromatic nitrogens is 2. The number of aromatic hydroxyl groups is 1. The number of hydrogen-bond acceptors (Lipinski definition) is 3. The van der Waals surface area contributed by atoms with Crippen LogP contribution in [-0.4, -0.2) is 15.1 Å². The standard InChI is InChI=1S/C19H15N3O2/c23-14-4-1-3-12(9-14)22-13-10-17(19(24)21-11-13)15-5-2-6-18-16(15)7-8-20-18/h1-11,20,22-23H,(H,21,24). The molecule has 0 bridgehead atoms. The molecule has 24 heavy (non-hydrogen) atoms. The molecule has 0 saturated carbocycles.